The number of aromatic nitrogens is 3. The summed E-state index contributed by atoms with van der Waals surface area (Å²) in [4.78, 5) is 16.7. The highest BCUT2D eigenvalue weighted by Gasteiger charge is 2.17. The highest BCUT2D eigenvalue weighted by atomic mass is 32.1. The number of amides is 1. The van der Waals surface area contributed by atoms with Crippen LogP contribution in [0.4, 0.5) is 0 Å². The topological polar surface area (TPSA) is 89.1 Å². The Bertz CT molecular complexity index is 550. The minimum Gasteiger partial charge on any atom is -0.346 e. The Balaban J connectivity index is 1.91. The van der Waals surface area contributed by atoms with Gasteiger partial charge in [0.1, 0.15) is 5.82 Å². The molecular weight excluding hydrogens is 292 g/mol. The Morgan fingerprint density at radius 2 is 2.19 bits per heavy atom. The van der Waals surface area contributed by atoms with E-state index in [-0.39, 0.29) is 12.5 Å². The fraction of sp³-hybridized carbons (Fsp3) is 0.462. The molecule has 0 atom stereocenters. The summed E-state index contributed by atoms with van der Waals surface area (Å²) in [6.45, 7) is 5.03. The largest absolute Gasteiger partial charge is 0.346 e. The van der Waals surface area contributed by atoms with Gasteiger partial charge in [0.2, 0.25) is 12.1 Å². The van der Waals surface area contributed by atoms with E-state index in [0.29, 0.717) is 29.7 Å². The van der Waals surface area contributed by atoms with Crippen molar-refractivity contribution in [2.75, 3.05) is 13.2 Å². The molecular formula is C13H18N4O3S. The fourth-order valence-electron chi connectivity index (χ4n) is 1.65. The van der Waals surface area contributed by atoms with Crippen LogP contribution in [0.25, 0.3) is 0 Å². The zero-order valence-electron chi connectivity index (χ0n) is 12.0. The molecule has 0 aliphatic carbocycles. The third-order valence-electron chi connectivity index (χ3n) is 2.56. The van der Waals surface area contributed by atoms with Gasteiger partial charge in [0.05, 0.1) is 11.4 Å². The first kappa shape index (κ1) is 15.6. The molecule has 0 radical (unpaired) electrons. The van der Waals surface area contributed by atoms with Crippen molar-refractivity contribution in [2.24, 2.45) is 0 Å². The molecule has 2 aromatic heterocycles. The number of nitrogens with zero attached hydrogens (tertiary/aromatic N) is 2. The van der Waals surface area contributed by atoms with Gasteiger partial charge in [-0.25, -0.2) is 4.98 Å². The number of aromatic amines is 1. The Morgan fingerprint density at radius 3 is 2.81 bits per heavy atom. The molecule has 2 heterocycles. The summed E-state index contributed by atoms with van der Waals surface area (Å²) in [6, 6.07) is 3.60. The van der Waals surface area contributed by atoms with Gasteiger partial charge >= 0.3 is 0 Å². The number of carbonyl (C=O) groups excluding carboxylic acids is 1. The summed E-state index contributed by atoms with van der Waals surface area (Å²) in [5.74, 6) is 0.854. The van der Waals surface area contributed by atoms with E-state index in [9.17, 15) is 4.79 Å². The van der Waals surface area contributed by atoms with Gasteiger partial charge in [-0.2, -0.15) is 5.10 Å². The van der Waals surface area contributed by atoms with Crippen LogP contribution in [0.1, 0.15) is 41.5 Å². The normalized spacial score (nSPS) is 11.0. The lowest BCUT2D eigenvalue weighted by atomic mass is 10.4. The number of H-pyrrole nitrogens is 1. The first-order chi connectivity index (χ1) is 10.2. The maximum Gasteiger partial charge on any atom is 0.261 e. The predicted molar refractivity (Wildman–Crippen MR) is 77.9 cm³/mol. The van der Waals surface area contributed by atoms with Crippen LogP contribution in [-0.4, -0.2) is 34.3 Å². The third kappa shape index (κ3) is 4.35. The van der Waals surface area contributed by atoms with E-state index in [0.717, 1.165) is 0 Å². The van der Waals surface area contributed by atoms with Gasteiger partial charge in [0.15, 0.2) is 0 Å². The van der Waals surface area contributed by atoms with E-state index in [1.54, 1.807) is 6.07 Å². The van der Waals surface area contributed by atoms with Crippen molar-refractivity contribution in [3.05, 3.63) is 34.0 Å². The Labute approximate surface area is 126 Å². The molecule has 0 saturated carbocycles. The van der Waals surface area contributed by atoms with Gasteiger partial charge in [-0.05, 0) is 25.3 Å². The Morgan fingerprint density at radius 1 is 1.43 bits per heavy atom. The second-order valence-corrected chi connectivity index (χ2v) is 4.99. The van der Waals surface area contributed by atoms with Crippen LogP contribution in [0.15, 0.2) is 17.5 Å². The lowest BCUT2D eigenvalue weighted by Crippen LogP contribution is -2.22. The highest BCUT2D eigenvalue weighted by Crippen LogP contribution is 2.14. The minimum absolute atomic E-state index is 0.130. The van der Waals surface area contributed by atoms with Crippen LogP contribution >= 0.6 is 11.3 Å². The van der Waals surface area contributed by atoms with Gasteiger partial charge in [-0.1, -0.05) is 6.07 Å². The molecule has 2 rings (SSSR count). The van der Waals surface area contributed by atoms with Gasteiger partial charge in [0.25, 0.3) is 5.91 Å². The minimum atomic E-state index is -0.585. The molecule has 0 fully saturated rings. The second kappa shape index (κ2) is 7.87. The molecule has 0 aliphatic heterocycles. The van der Waals surface area contributed by atoms with Crippen LogP contribution in [0.3, 0.4) is 0 Å². The number of hydrogen-bond donors (Lipinski definition) is 2. The van der Waals surface area contributed by atoms with Gasteiger partial charge in [0, 0.05) is 13.2 Å². The number of rotatable bonds is 8. The first-order valence-corrected chi connectivity index (χ1v) is 7.58. The van der Waals surface area contributed by atoms with Crippen molar-refractivity contribution in [1.29, 1.82) is 0 Å². The molecule has 114 valence electrons. The molecule has 21 heavy (non-hydrogen) atoms. The molecule has 8 heteroatoms. The summed E-state index contributed by atoms with van der Waals surface area (Å²) in [5, 5.41) is 11.5. The number of nitrogens with one attached hydrogen (secondary N) is 2. The fourth-order valence-corrected chi connectivity index (χ4v) is 2.29. The molecule has 2 N–H and O–H groups in total. The smallest absolute Gasteiger partial charge is 0.261 e. The molecule has 0 aliphatic rings. The van der Waals surface area contributed by atoms with E-state index >= 15 is 0 Å². The van der Waals surface area contributed by atoms with E-state index in [1.807, 2.05) is 25.3 Å². The molecule has 0 saturated heterocycles. The predicted octanol–water partition coefficient (Wildman–Crippen LogP) is 1.87. The zero-order valence-corrected chi connectivity index (χ0v) is 12.8. The maximum absolute atomic E-state index is 11.8. The monoisotopic (exact) mass is 310 g/mol. The van der Waals surface area contributed by atoms with Crippen LogP contribution in [0.2, 0.25) is 0 Å². The lowest BCUT2D eigenvalue weighted by Gasteiger charge is -2.12. The van der Waals surface area contributed by atoms with Gasteiger partial charge in [-0.15, -0.1) is 11.3 Å². The van der Waals surface area contributed by atoms with Crippen molar-refractivity contribution < 1.29 is 14.3 Å². The van der Waals surface area contributed by atoms with Crippen molar-refractivity contribution >= 4 is 17.2 Å². The summed E-state index contributed by atoms with van der Waals surface area (Å²) < 4.78 is 10.8. The number of carbonyl (C=O) groups is 1. The quantitative estimate of drug-likeness (QED) is 0.727. The van der Waals surface area contributed by atoms with Crippen LogP contribution in [0.5, 0.6) is 0 Å². The summed E-state index contributed by atoms with van der Waals surface area (Å²) >= 11 is 1.39. The van der Waals surface area contributed by atoms with Crippen molar-refractivity contribution in [2.45, 2.75) is 26.7 Å². The number of ether oxygens (including phenoxy) is 2. The standard InChI is InChI=1S/C13H18N4O3S/c1-3-19-13(20-4-2)11-15-10(16-17-11)8-14-12(18)9-6-5-7-21-9/h5-7,13H,3-4,8H2,1-2H3,(H,14,18)(H,15,16,17). The highest BCUT2D eigenvalue weighted by molar-refractivity contribution is 7.12. The maximum atomic E-state index is 11.8. The molecule has 0 spiro atoms. The second-order valence-electron chi connectivity index (χ2n) is 4.04. The van der Waals surface area contributed by atoms with Crippen LogP contribution < -0.4 is 5.32 Å². The summed E-state index contributed by atoms with van der Waals surface area (Å²) in [7, 11) is 0. The SMILES string of the molecule is CCOC(OCC)c1n[nH]c(CNC(=O)c2cccs2)n1. The first-order valence-electron chi connectivity index (χ1n) is 6.70. The van der Waals surface area contributed by atoms with E-state index in [4.69, 9.17) is 9.47 Å². The van der Waals surface area contributed by atoms with Crippen LogP contribution in [0, 0.1) is 0 Å². The Hall–Kier alpha value is -1.77. The third-order valence-corrected chi connectivity index (χ3v) is 3.43. The molecule has 2 aromatic rings. The molecule has 0 unspecified atom stereocenters. The van der Waals surface area contributed by atoms with E-state index < -0.39 is 6.29 Å². The Kier molecular flexibility index (Phi) is 5.85. The molecule has 0 aromatic carbocycles. The van der Waals surface area contributed by atoms with E-state index in [2.05, 4.69) is 20.5 Å². The van der Waals surface area contributed by atoms with E-state index in [1.165, 1.54) is 11.3 Å². The average molecular weight is 310 g/mol. The van der Waals surface area contributed by atoms with Gasteiger partial charge < -0.3 is 14.8 Å². The summed E-state index contributed by atoms with van der Waals surface area (Å²) in [5.41, 5.74) is 0. The average Bonchev–Trinajstić information content (AvgIpc) is 3.16. The van der Waals surface area contributed by atoms with Crippen molar-refractivity contribution in [1.82, 2.24) is 20.5 Å². The number of hydrogen-bond acceptors (Lipinski definition) is 6. The van der Waals surface area contributed by atoms with Gasteiger partial charge in [-0.3, -0.25) is 9.89 Å². The zero-order chi connectivity index (χ0) is 15.1. The molecule has 1 amide bonds. The molecule has 0 bridgehead atoms. The van der Waals surface area contributed by atoms with Crippen molar-refractivity contribution in [3.63, 3.8) is 0 Å². The van der Waals surface area contributed by atoms with Crippen molar-refractivity contribution in [3.8, 4) is 0 Å². The molecule has 7 nitrogen and oxygen atoms in total. The number of thiophene rings is 1. The van der Waals surface area contributed by atoms with Crippen LogP contribution in [-0.2, 0) is 16.0 Å². The summed E-state index contributed by atoms with van der Waals surface area (Å²) in [6.07, 6.45) is -0.585. The lowest BCUT2D eigenvalue weighted by molar-refractivity contribution is -0.145.